The Morgan fingerprint density at radius 1 is 1.35 bits per heavy atom. The van der Waals surface area contributed by atoms with Crippen LogP contribution in [0.5, 0.6) is 5.75 Å². The molecule has 0 fully saturated rings. The summed E-state index contributed by atoms with van der Waals surface area (Å²) in [7, 11) is 1.52. The summed E-state index contributed by atoms with van der Waals surface area (Å²) in [6.07, 6.45) is 0. The van der Waals surface area contributed by atoms with Crippen LogP contribution < -0.4 is 4.74 Å². The Hall–Kier alpha value is -2.74. The van der Waals surface area contributed by atoms with Gasteiger partial charge in [0.15, 0.2) is 0 Å². The second kappa shape index (κ2) is 5.10. The van der Waals surface area contributed by atoms with E-state index in [4.69, 9.17) is 10.00 Å². The van der Waals surface area contributed by atoms with Gasteiger partial charge in [-0.2, -0.15) is 5.26 Å². The average molecular weight is 270 g/mol. The molecule has 0 amide bonds. The Balaban J connectivity index is 2.69. The molecule has 1 N–H and O–H groups in total. The Morgan fingerprint density at radius 2 is 2.05 bits per heavy atom. The van der Waals surface area contributed by atoms with Gasteiger partial charge in [0.05, 0.1) is 30.0 Å². The molecule has 5 nitrogen and oxygen atoms in total. The average Bonchev–Trinajstić information content (AvgIpc) is 2.73. The minimum absolute atomic E-state index is 0.258. The van der Waals surface area contributed by atoms with Crippen molar-refractivity contribution in [2.45, 2.75) is 13.8 Å². The number of carboxylic acid groups (broad SMARTS) is 1. The van der Waals surface area contributed by atoms with Crippen LogP contribution >= 0.6 is 0 Å². The molecule has 0 aliphatic heterocycles. The summed E-state index contributed by atoms with van der Waals surface area (Å²) in [5.41, 5.74) is 2.88. The molecule has 20 heavy (non-hydrogen) atoms. The van der Waals surface area contributed by atoms with Gasteiger partial charge in [0.1, 0.15) is 5.75 Å². The number of benzene rings is 1. The lowest BCUT2D eigenvalue weighted by atomic mass is 10.2. The quantitative estimate of drug-likeness (QED) is 0.930. The lowest BCUT2D eigenvalue weighted by molar-refractivity contribution is 0.0696. The predicted molar refractivity (Wildman–Crippen MR) is 73.5 cm³/mol. The molecular weight excluding hydrogens is 256 g/mol. The third-order valence-corrected chi connectivity index (χ3v) is 3.21. The van der Waals surface area contributed by atoms with Crippen LogP contribution in [0.2, 0.25) is 0 Å². The minimum atomic E-state index is -0.961. The number of carbonyl (C=O) groups is 1. The van der Waals surface area contributed by atoms with E-state index < -0.39 is 5.97 Å². The Labute approximate surface area is 116 Å². The lowest BCUT2D eigenvalue weighted by Crippen LogP contribution is -2.04. The molecule has 0 spiro atoms. The van der Waals surface area contributed by atoms with E-state index in [1.165, 1.54) is 7.11 Å². The first-order chi connectivity index (χ1) is 9.49. The Kier molecular flexibility index (Phi) is 3.49. The molecule has 2 aromatic rings. The first kappa shape index (κ1) is 13.7. The van der Waals surface area contributed by atoms with Crippen LogP contribution in [-0.4, -0.2) is 22.8 Å². The highest BCUT2D eigenvalue weighted by atomic mass is 16.5. The largest absolute Gasteiger partial charge is 0.495 e. The maximum atomic E-state index is 11.2. The predicted octanol–water partition coefficient (Wildman–Crippen LogP) is 2.67. The number of aromatic carboxylic acids is 1. The molecule has 0 bridgehead atoms. The number of hydrogen-bond donors (Lipinski definition) is 1. The minimum Gasteiger partial charge on any atom is -0.495 e. The van der Waals surface area contributed by atoms with Crippen molar-refractivity contribution in [3.8, 4) is 17.5 Å². The van der Waals surface area contributed by atoms with E-state index in [-0.39, 0.29) is 5.56 Å². The Morgan fingerprint density at radius 3 is 2.55 bits per heavy atom. The molecule has 0 atom stereocenters. The first-order valence-corrected chi connectivity index (χ1v) is 6.00. The summed E-state index contributed by atoms with van der Waals surface area (Å²) in [5.74, 6) is -0.431. The van der Waals surface area contributed by atoms with Crippen molar-refractivity contribution in [1.29, 1.82) is 5.26 Å². The van der Waals surface area contributed by atoms with Gasteiger partial charge in [-0.05, 0) is 32.0 Å². The molecule has 0 saturated carbocycles. The van der Waals surface area contributed by atoms with Crippen molar-refractivity contribution in [2.75, 3.05) is 7.11 Å². The molecule has 0 saturated heterocycles. The molecule has 1 heterocycles. The van der Waals surface area contributed by atoms with Gasteiger partial charge in [-0.1, -0.05) is 0 Å². The highest BCUT2D eigenvalue weighted by molar-refractivity contribution is 5.89. The van der Waals surface area contributed by atoms with Gasteiger partial charge >= 0.3 is 5.97 Å². The fourth-order valence-electron chi connectivity index (χ4n) is 2.28. The van der Waals surface area contributed by atoms with Gasteiger partial charge in [0.2, 0.25) is 0 Å². The van der Waals surface area contributed by atoms with Gasteiger partial charge in [0, 0.05) is 17.5 Å². The summed E-state index contributed by atoms with van der Waals surface area (Å²) >= 11 is 0. The van der Waals surface area contributed by atoms with Crippen molar-refractivity contribution in [2.24, 2.45) is 0 Å². The van der Waals surface area contributed by atoms with Gasteiger partial charge < -0.3 is 14.4 Å². The summed E-state index contributed by atoms with van der Waals surface area (Å²) < 4.78 is 7.11. The molecule has 0 aliphatic carbocycles. The molecule has 2 rings (SSSR count). The monoisotopic (exact) mass is 270 g/mol. The van der Waals surface area contributed by atoms with E-state index in [1.54, 1.807) is 31.2 Å². The zero-order valence-electron chi connectivity index (χ0n) is 11.5. The number of nitriles is 1. The van der Waals surface area contributed by atoms with Crippen LogP contribution in [0, 0.1) is 25.2 Å². The van der Waals surface area contributed by atoms with Crippen LogP contribution in [0.4, 0.5) is 0 Å². The van der Waals surface area contributed by atoms with Crippen molar-refractivity contribution >= 4 is 5.97 Å². The fraction of sp³-hybridized carbons (Fsp3) is 0.200. The van der Waals surface area contributed by atoms with Crippen molar-refractivity contribution in [3.05, 3.63) is 46.8 Å². The summed E-state index contributed by atoms with van der Waals surface area (Å²) in [5, 5.41) is 18.1. The SMILES string of the molecule is COc1cc(C#N)ccc1-n1c(C)cc(C(=O)O)c1C. The topological polar surface area (TPSA) is 75.2 Å². The molecule has 0 radical (unpaired) electrons. The van der Waals surface area contributed by atoms with Gasteiger partial charge in [-0.3, -0.25) is 0 Å². The number of carboxylic acids is 1. The second-order valence-corrected chi connectivity index (χ2v) is 4.42. The third kappa shape index (κ3) is 2.12. The van der Waals surface area contributed by atoms with Gasteiger partial charge in [-0.15, -0.1) is 0 Å². The molecule has 0 unspecified atom stereocenters. The van der Waals surface area contributed by atoms with Crippen LogP contribution in [0.25, 0.3) is 5.69 Å². The number of rotatable bonds is 3. The summed E-state index contributed by atoms with van der Waals surface area (Å²) in [6, 6.07) is 8.73. The van der Waals surface area contributed by atoms with E-state index in [0.717, 1.165) is 5.69 Å². The van der Waals surface area contributed by atoms with E-state index in [0.29, 0.717) is 22.7 Å². The van der Waals surface area contributed by atoms with Gasteiger partial charge in [0.25, 0.3) is 0 Å². The standard InChI is InChI=1S/C15H14N2O3/c1-9-6-12(15(18)19)10(2)17(9)13-5-4-11(8-16)7-14(13)20-3/h4-7H,1-3H3,(H,18,19). The molecule has 1 aromatic heterocycles. The third-order valence-electron chi connectivity index (χ3n) is 3.21. The first-order valence-electron chi connectivity index (χ1n) is 6.00. The number of aromatic nitrogens is 1. The zero-order chi connectivity index (χ0) is 14.9. The number of ether oxygens (including phenoxy) is 1. The molecule has 102 valence electrons. The molecule has 1 aromatic carbocycles. The van der Waals surface area contributed by atoms with Crippen molar-refractivity contribution < 1.29 is 14.6 Å². The van der Waals surface area contributed by atoms with Crippen LogP contribution in [0.3, 0.4) is 0 Å². The molecule has 0 aliphatic rings. The highest BCUT2D eigenvalue weighted by Crippen LogP contribution is 2.29. The fourth-order valence-corrected chi connectivity index (χ4v) is 2.28. The van der Waals surface area contributed by atoms with Crippen LogP contribution in [-0.2, 0) is 0 Å². The molecular formula is C15H14N2O3. The van der Waals surface area contributed by atoms with E-state index in [9.17, 15) is 9.90 Å². The van der Waals surface area contributed by atoms with Crippen molar-refractivity contribution in [1.82, 2.24) is 4.57 Å². The Bertz CT molecular complexity index is 723. The summed E-state index contributed by atoms with van der Waals surface area (Å²) in [6.45, 7) is 3.57. The maximum absolute atomic E-state index is 11.2. The zero-order valence-corrected chi connectivity index (χ0v) is 11.5. The number of nitrogens with zero attached hydrogens (tertiary/aromatic N) is 2. The van der Waals surface area contributed by atoms with Crippen LogP contribution in [0.15, 0.2) is 24.3 Å². The lowest BCUT2D eigenvalue weighted by Gasteiger charge is -2.14. The number of aryl methyl sites for hydroxylation is 1. The van der Waals surface area contributed by atoms with Gasteiger partial charge in [-0.25, -0.2) is 4.79 Å². The van der Waals surface area contributed by atoms with Crippen molar-refractivity contribution in [3.63, 3.8) is 0 Å². The van der Waals surface area contributed by atoms with E-state index in [1.807, 2.05) is 17.6 Å². The number of methoxy groups -OCH3 is 1. The maximum Gasteiger partial charge on any atom is 0.337 e. The normalized spacial score (nSPS) is 10.1. The van der Waals surface area contributed by atoms with E-state index in [2.05, 4.69) is 0 Å². The molecule has 5 heteroatoms. The number of hydrogen-bond acceptors (Lipinski definition) is 3. The highest BCUT2D eigenvalue weighted by Gasteiger charge is 2.18. The van der Waals surface area contributed by atoms with Crippen LogP contribution in [0.1, 0.15) is 27.3 Å². The smallest absolute Gasteiger partial charge is 0.337 e. The second-order valence-electron chi connectivity index (χ2n) is 4.42. The summed E-state index contributed by atoms with van der Waals surface area (Å²) in [4.78, 5) is 11.2. The van der Waals surface area contributed by atoms with E-state index >= 15 is 0 Å².